The number of hydrogen-bond donors (Lipinski definition) is 2. The third kappa shape index (κ3) is 6.30. The fourth-order valence-electron chi connectivity index (χ4n) is 3.49. The predicted molar refractivity (Wildman–Crippen MR) is 108 cm³/mol. The predicted octanol–water partition coefficient (Wildman–Crippen LogP) is 3.22. The van der Waals surface area contributed by atoms with Crippen molar-refractivity contribution in [2.24, 2.45) is 11.7 Å². The van der Waals surface area contributed by atoms with Crippen molar-refractivity contribution in [3.63, 3.8) is 0 Å². The summed E-state index contributed by atoms with van der Waals surface area (Å²) in [6, 6.07) is 10.2. The van der Waals surface area contributed by atoms with E-state index in [1.807, 2.05) is 37.5 Å². The molecule has 3 N–H and O–H groups in total. The Morgan fingerprint density at radius 1 is 1.29 bits per heavy atom. The van der Waals surface area contributed by atoms with Crippen molar-refractivity contribution < 1.29 is 19.4 Å². The van der Waals surface area contributed by atoms with Crippen LogP contribution in [0.2, 0.25) is 0 Å². The van der Waals surface area contributed by atoms with Crippen LogP contribution >= 0.6 is 0 Å². The molecule has 1 aromatic rings. The van der Waals surface area contributed by atoms with Gasteiger partial charge in [0, 0.05) is 38.2 Å². The first-order valence-electron chi connectivity index (χ1n) is 9.39. The first-order valence-corrected chi connectivity index (χ1v) is 9.39. The highest BCUT2D eigenvalue weighted by molar-refractivity contribution is 5.74. The smallest absolute Gasteiger partial charge is 0.341 e. The molecule has 1 unspecified atom stereocenters. The number of primary amides is 1. The molecule has 2 rings (SSSR count). The molecule has 0 spiro atoms. The average Bonchev–Trinajstić information content (AvgIpc) is 2.70. The van der Waals surface area contributed by atoms with Crippen LogP contribution in [0.1, 0.15) is 31.7 Å². The van der Waals surface area contributed by atoms with E-state index in [-0.39, 0.29) is 18.2 Å². The van der Waals surface area contributed by atoms with Gasteiger partial charge in [-0.3, -0.25) is 4.79 Å². The molecule has 6 nitrogen and oxygen atoms in total. The van der Waals surface area contributed by atoms with Crippen LogP contribution in [0.5, 0.6) is 0 Å². The van der Waals surface area contributed by atoms with Crippen molar-refractivity contribution >= 4 is 11.9 Å². The molecule has 0 radical (unpaired) electrons. The molecule has 0 aromatic heterocycles. The molecule has 0 saturated heterocycles. The minimum atomic E-state index is -1.04. The molecule has 1 aromatic carbocycles. The van der Waals surface area contributed by atoms with Crippen LogP contribution in [0, 0.1) is 5.92 Å². The standard InChI is InChI=1S/C22H28N2O4/c1-3-19-17(14-21(23)25)13-18(28-15-22(26)27)10-7-11-24(2)20(19)12-16-8-5-4-6-9-16/h4-11,17H,3,12-15H2,1-2H3,(H2,23,25)(H,26,27)/b11-7-,18-10+,20-19-. The number of carboxylic acid groups (broad SMARTS) is 1. The van der Waals surface area contributed by atoms with E-state index in [4.69, 9.17) is 15.6 Å². The van der Waals surface area contributed by atoms with Gasteiger partial charge >= 0.3 is 5.97 Å². The third-order valence-electron chi connectivity index (χ3n) is 4.75. The Morgan fingerprint density at radius 3 is 2.61 bits per heavy atom. The summed E-state index contributed by atoms with van der Waals surface area (Å²) in [6.45, 7) is 1.64. The zero-order valence-electron chi connectivity index (χ0n) is 16.4. The van der Waals surface area contributed by atoms with E-state index in [9.17, 15) is 9.59 Å². The van der Waals surface area contributed by atoms with E-state index in [1.54, 1.807) is 6.08 Å². The number of rotatable bonds is 8. The highest BCUT2D eigenvalue weighted by Crippen LogP contribution is 2.32. The monoisotopic (exact) mass is 384 g/mol. The summed E-state index contributed by atoms with van der Waals surface area (Å²) in [5.74, 6) is -1.04. The lowest BCUT2D eigenvalue weighted by Crippen LogP contribution is -2.23. The molecule has 1 amide bonds. The van der Waals surface area contributed by atoms with Crippen LogP contribution in [0.4, 0.5) is 0 Å². The van der Waals surface area contributed by atoms with Gasteiger partial charge in [-0.25, -0.2) is 4.79 Å². The largest absolute Gasteiger partial charge is 0.486 e. The van der Waals surface area contributed by atoms with Gasteiger partial charge in [0.2, 0.25) is 5.91 Å². The zero-order chi connectivity index (χ0) is 20.5. The number of carbonyl (C=O) groups excluding carboxylic acids is 1. The van der Waals surface area contributed by atoms with Gasteiger partial charge in [0.1, 0.15) is 0 Å². The Kier molecular flexibility index (Phi) is 7.87. The number of aliphatic carboxylic acids is 1. The summed E-state index contributed by atoms with van der Waals surface area (Å²) in [7, 11) is 1.97. The normalized spacial score (nSPS) is 23.0. The van der Waals surface area contributed by atoms with Crippen molar-refractivity contribution in [1.29, 1.82) is 0 Å². The first-order chi connectivity index (χ1) is 13.4. The van der Waals surface area contributed by atoms with Gasteiger partial charge in [0.25, 0.3) is 0 Å². The maximum atomic E-state index is 11.7. The zero-order valence-corrected chi connectivity index (χ0v) is 16.4. The van der Waals surface area contributed by atoms with Gasteiger partial charge in [-0.15, -0.1) is 0 Å². The second-order valence-electron chi connectivity index (χ2n) is 6.83. The van der Waals surface area contributed by atoms with Gasteiger partial charge in [-0.2, -0.15) is 0 Å². The number of nitrogens with two attached hydrogens (primary N) is 1. The SMILES string of the molecule is CC/C1=C(\Cc2ccccc2)N(C)/C=C\C=C(\OCC(=O)O)CC1CC(N)=O. The van der Waals surface area contributed by atoms with Gasteiger partial charge in [0.15, 0.2) is 6.61 Å². The molecule has 1 aliphatic rings. The summed E-state index contributed by atoms with van der Waals surface area (Å²) in [4.78, 5) is 24.7. The molecule has 1 heterocycles. The summed E-state index contributed by atoms with van der Waals surface area (Å²) < 4.78 is 5.45. The lowest BCUT2D eigenvalue weighted by atomic mass is 9.86. The number of hydrogen-bond acceptors (Lipinski definition) is 4. The third-order valence-corrected chi connectivity index (χ3v) is 4.75. The number of nitrogens with zero attached hydrogens (tertiary/aromatic N) is 1. The molecule has 0 bridgehead atoms. The highest BCUT2D eigenvalue weighted by atomic mass is 16.5. The summed E-state index contributed by atoms with van der Waals surface area (Å²) in [6.07, 6.45) is 7.61. The summed E-state index contributed by atoms with van der Waals surface area (Å²) >= 11 is 0. The highest BCUT2D eigenvalue weighted by Gasteiger charge is 2.24. The van der Waals surface area contributed by atoms with E-state index in [1.165, 1.54) is 5.56 Å². The molecule has 0 aliphatic carbocycles. The fraction of sp³-hybridized carbons (Fsp3) is 0.364. The van der Waals surface area contributed by atoms with Crippen LogP contribution in [0.25, 0.3) is 0 Å². The number of likely N-dealkylation sites (N-methyl/N-ethyl adjacent to an activating group) is 1. The number of benzene rings is 1. The molecule has 6 heteroatoms. The molecular weight excluding hydrogens is 356 g/mol. The van der Waals surface area contributed by atoms with Crippen molar-refractivity contribution in [2.75, 3.05) is 13.7 Å². The summed E-state index contributed by atoms with van der Waals surface area (Å²) in [5, 5.41) is 8.92. The lowest BCUT2D eigenvalue weighted by Gasteiger charge is -2.27. The Hall–Kier alpha value is -3.02. The molecular formula is C22H28N2O4. The Bertz CT molecular complexity index is 781. The quantitative estimate of drug-likeness (QED) is 0.718. The number of carboxylic acids is 1. The fourth-order valence-corrected chi connectivity index (χ4v) is 3.49. The summed E-state index contributed by atoms with van der Waals surface area (Å²) in [5.41, 5.74) is 8.94. The van der Waals surface area contributed by atoms with Crippen molar-refractivity contribution in [2.45, 2.75) is 32.6 Å². The average molecular weight is 384 g/mol. The van der Waals surface area contributed by atoms with E-state index < -0.39 is 12.6 Å². The lowest BCUT2D eigenvalue weighted by molar-refractivity contribution is -0.141. The van der Waals surface area contributed by atoms with Gasteiger partial charge in [-0.1, -0.05) is 37.3 Å². The first kappa shape index (κ1) is 21.3. The van der Waals surface area contributed by atoms with Crippen LogP contribution in [-0.4, -0.2) is 35.5 Å². The minimum absolute atomic E-state index is 0.149. The Balaban J connectivity index is 2.43. The van der Waals surface area contributed by atoms with Crippen molar-refractivity contribution in [1.82, 2.24) is 4.90 Å². The van der Waals surface area contributed by atoms with Crippen LogP contribution < -0.4 is 5.73 Å². The molecule has 150 valence electrons. The molecule has 0 fully saturated rings. The van der Waals surface area contributed by atoms with E-state index in [2.05, 4.69) is 24.0 Å². The number of ether oxygens (including phenoxy) is 1. The molecule has 1 atom stereocenters. The maximum absolute atomic E-state index is 11.7. The number of carbonyl (C=O) groups is 2. The van der Waals surface area contributed by atoms with E-state index in [0.29, 0.717) is 12.2 Å². The van der Waals surface area contributed by atoms with Gasteiger partial charge in [0.05, 0.1) is 5.76 Å². The van der Waals surface area contributed by atoms with Crippen LogP contribution in [0.3, 0.4) is 0 Å². The van der Waals surface area contributed by atoms with Crippen molar-refractivity contribution in [3.05, 3.63) is 71.3 Å². The Labute approximate surface area is 166 Å². The van der Waals surface area contributed by atoms with Gasteiger partial charge in [-0.05, 0) is 35.6 Å². The van der Waals surface area contributed by atoms with Crippen LogP contribution in [-0.2, 0) is 20.7 Å². The molecule has 28 heavy (non-hydrogen) atoms. The maximum Gasteiger partial charge on any atom is 0.341 e. The van der Waals surface area contributed by atoms with Crippen molar-refractivity contribution in [3.8, 4) is 0 Å². The van der Waals surface area contributed by atoms with E-state index in [0.717, 1.165) is 24.1 Å². The minimum Gasteiger partial charge on any atom is -0.486 e. The van der Waals surface area contributed by atoms with Gasteiger partial charge < -0.3 is 20.5 Å². The number of amides is 1. The second-order valence-corrected chi connectivity index (χ2v) is 6.83. The van der Waals surface area contributed by atoms with Crippen LogP contribution in [0.15, 0.2) is 65.7 Å². The number of allylic oxidation sites excluding steroid dienone is 5. The van der Waals surface area contributed by atoms with E-state index >= 15 is 0 Å². The molecule has 0 saturated carbocycles. The molecule has 1 aliphatic heterocycles. The topological polar surface area (TPSA) is 92.9 Å². The Morgan fingerprint density at radius 2 is 2.00 bits per heavy atom. The second kappa shape index (κ2) is 10.3.